The Morgan fingerprint density at radius 2 is 1.71 bits per heavy atom. The lowest BCUT2D eigenvalue weighted by atomic mass is 10.1. The van der Waals surface area contributed by atoms with Gasteiger partial charge in [0.25, 0.3) is 0 Å². The summed E-state index contributed by atoms with van der Waals surface area (Å²) < 4.78 is 0. The molecule has 0 spiro atoms. The van der Waals surface area contributed by atoms with Crippen LogP contribution in [-0.2, 0) is 0 Å². The molecule has 0 saturated heterocycles. The smallest absolute Gasteiger partial charge is 0.0581 e. The fraction of sp³-hybridized carbons (Fsp3) is 0.200. The molecular formula is C15H18N2. The molecule has 2 aromatic carbocycles. The van der Waals surface area contributed by atoms with Gasteiger partial charge in [0.15, 0.2) is 0 Å². The summed E-state index contributed by atoms with van der Waals surface area (Å²) >= 11 is 0. The van der Waals surface area contributed by atoms with Gasteiger partial charge in [-0.1, -0.05) is 42.5 Å². The third kappa shape index (κ3) is 2.59. The maximum Gasteiger partial charge on any atom is 0.0581 e. The summed E-state index contributed by atoms with van der Waals surface area (Å²) in [7, 11) is 0. The van der Waals surface area contributed by atoms with Crippen LogP contribution in [0.5, 0.6) is 0 Å². The van der Waals surface area contributed by atoms with Crippen LogP contribution < -0.4 is 11.1 Å². The normalized spacial score (nSPS) is 12.1. The first-order valence-electron chi connectivity index (χ1n) is 5.85. The number of nitrogens with one attached hydrogen (secondary N) is 1. The van der Waals surface area contributed by atoms with Crippen LogP contribution >= 0.6 is 0 Å². The molecule has 1 unspecified atom stereocenters. The maximum absolute atomic E-state index is 6.05. The van der Waals surface area contributed by atoms with Crippen LogP contribution in [0.15, 0.2) is 48.5 Å². The topological polar surface area (TPSA) is 38.0 Å². The van der Waals surface area contributed by atoms with E-state index in [9.17, 15) is 0 Å². The van der Waals surface area contributed by atoms with Gasteiger partial charge >= 0.3 is 0 Å². The number of hydrogen-bond acceptors (Lipinski definition) is 2. The lowest BCUT2D eigenvalue weighted by molar-refractivity contribution is 0.885. The van der Waals surface area contributed by atoms with Crippen molar-refractivity contribution in [2.24, 2.45) is 0 Å². The van der Waals surface area contributed by atoms with Crippen molar-refractivity contribution in [3.05, 3.63) is 59.7 Å². The van der Waals surface area contributed by atoms with Gasteiger partial charge in [0.2, 0.25) is 0 Å². The second-order valence-electron chi connectivity index (χ2n) is 4.31. The molecule has 1 atom stereocenters. The molecule has 3 N–H and O–H groups in total. The Balaban J connectivity index is 2.19. The minimum absolute atomic E-state index is 0.250. The van der Waals surface area contributed by atoms with E-state index in [0.717, 1.165) is 16.9 Å². The van der Waals surface area contributed by atoms with Gasteiger partial charge in [-0.3, -0.25) is 0 Å². The fourth-order valence-electron chi connectivity index (χ4n) is 1.86. The van der Waals surface area contributed by atoms with Crippen molar-refractivity contribution in [3.63, 3.8) is 0 Å². The summed E-state index contributed by atoms with van der Waals surface area (Å²) in [5.41, 5.74) is 10.2. The minimum atomic E-state index is 0.250. The highest BCUT2D eigenvalue weighted by atomic mass is 14.9. The van der Waals surface area contributed by atoms with Crippen molar-refractivity contribution in [2.75, 3.05) is 11.1 Å². The van der Waals surface area contributed by atoms with Gasteiger partial charge in [-0.2, -0.15) is 0 Å². The van der Waals surface area contributed by atoms with Crippen LogP contribution in [0, 0.1) is 6.92 Å². The fourth-order valence-corrected chi connectivity index (χ4v) is 1.86. The SMILES string of the molecule is Cc1cccc(NC(C)c2ccccc2)c1N. The van der Waals surface area contributed by atoms with E-state index in [4.69, 9.17) is 5.73 Å². The van der Waals surface area contributed by atoms with Crippen LogP contribution in [0.25, 0.3) is 0 Å². The quantitative estimate of drug-likeness (QED) is 0.782. The molecule has 0 radical (unpaired) electrons. The lowest BCUT2D eigenvalue weighted by Gasteiger charge is -2.18. The number of hydrogen-bond donors (Lipinski definition) is 2. The van der Waals surface area contributed by atoms with Crippen molar-refractivity contribution < 1.29 is 0 Å². The van der Waals surface area contributed by atoms with Crippen LogP contribution in [0.1, 0.15) is 24.1 Å². The average molecular weight is 226 g/mol. The van der Waals surface area contributed by atoms with Gasteiger partial charge in [-0.25, -0.2) is 0 Å². The Hall–Kier alpha value is -1.96. The Kier molecular flexibility index (Phi) is 3.33. The largest absolute Gasteiger partial charge is 0.397 e. The van der Waals surface area contributed by atoms with Crippen LogP contribution in [-0.4, -0.2) is 0 Å². The first-order chi connectivity index (χ1) is 8.18. The molecule has 0 aromatic heterocycles. The highest BCUT2D eigenvalue weighted by Crippen LogP contribution is 2.26. The van der Waals surface area contributed by atoms with Gasteiger partial charge in [-0.15, -0.1) is 0 Å². The molecule has 0 heterocycles. The van der Waals surface area contributed by atoms with Crippen LogP contribution in [0.3, 0.4) is 0 Å². The van der Waals surface area contributed by atoms with E-state index in [1.165, 1.54) is 5.56 Å². The van der Waals surface area contributed by atoms with Crippen molar-refractivity contribution in [1.29, 1.82) is 0 Å². The molecule has 0 fully saturated rings. The highest BCUT2D eigenvalue weighted by molar-refractivity contribution is 5.70. The predicted molar refractivity (Wildman–Crippen MR) is 74.1 cm³/mol. The molecule has 0 aliphatic carbocycles. The Bertz CT molecular complexity index is 492. The van der Waals surface area contributed by atoms with Gasteiger partial charge < -0.3 is 11.1 Å². The summed E-state index contributed by atoms with van der Waals surface area (Å²) in [5, 5.41) is 3.44. The van der Waals surface area contributed by atoms with Crippen molar-refractivity contribution in [3.8, 4) is 0 Å². The molecule has 0 aliphatic rings. The zero-order valence-corrected chi connectivity index (χ0v) is 10.3. The van der Waals surface area contributed by atoms with E-state index in [-0.39, 0.29) is 6.04 Å². The maximum atomic E-state index is 6.05. The summed E-state index contributed by atoms with van der Waals surface area (Å²) in [6.45, 7) is 4.16. The van der Waals surface area contributed by atoms with E-state index in [1.54, 1.807) is 0 Å². The van der Waals surface area contributed by atoms with E-state index < -0.39 is 0 Å². The number of benzene rings is 2. The van der Waals surface area contributed by atoms with Gasteiger partial charge in [0, 0.05) is 6.04 Å². The molecule has 0 aliphatic heterocycles. The molecule has 2 rings (SSSR count). The second-order valence-corrected chi connectivity index (χ2v) is 4.31. The Labute approximate surface area is 102 Å². The summed E-state index contributed by atoms with van der Waals surface area (Å²) in [6, 6.07) is 16.7. The number of para-hydroxylation sites is 1. The third-order valence-electron chi connectivity index (χ3n) is 3.00. The summed E-state index contributed by atoms with van der Waals surface area (Å²) in [4.78, 5) is 0. The molecule has 17 heavy (non-hydrogen) atoms. The first-order valence-corrected chi connectivity index (χ1v) is 5.85. The first kappa shape index (κ1) is 11.5. The second kappa shape index (κ2) is 4.91. The Morgan fingerprint density at radius 3 is 2.41 bits per heavy atom. The number of nitrogen functional groups attached to an aromatic ring is 1. The molecule has 0 saturated carbocycles. The molecule has 88 valence electrons. The summed E-state index contributed by atoms with van der Waals surface area (Å²) in [5.74, 6) is 0. The summed E-state index contributed by atoms with van der Waals surface area (Å²) in [6.07, 6.45) is 0. The standard InChI is InChI=1S/C15H18N2/c1-11-7-6-10-14(15(11)16)17-12(2)13-8-4-3-5-9-13/h3-10,12,17H,16H2,1-2H3. The number of aryl methyl sites for hydroxylation is 1. The molecule has 2 nitrogen and oxygen atoms in total. The monoisotopic (exact) mass is 226 g/mol. The van der Waals surface area contributed by atoms with Gasteiger partial charge in [0.05, 0.1) is 11.4 Å². The molecule has 2 heteroatoms. The third-order valence-corrected chi connectivity index (χ3v) is 3.00. The number of nitrogens with two attached hydrogens (primary N) is 1. The lowest BCUT2D eigenvalue weighted by Crippen LogP contribution is -2.08. The molecular weight excluding hydrogens is 208 g/mol. The molecule has 0 amide bonds. The highest BCUT2D eigenvalue weighted by Gasteiger charge is 2.07. The van der Waals surface area contributed by atoms with Crippen molar-refractivity contribution in [2.45, 2.75) is 19.9 Å². The Morgan fingerprint density at radius 1 is 1.00 bits per heavy atom. The van der Waals surface area contributed by atoms with Crippen molar-refractivity contribution >= 4 is 11.4 Å². The van der Waals surface area contributed by atoms with E-state index in [0.29, 0.717) is 0 Å². The van der Waals surface area contributed by atoms with Gasteiger partial charge in [-0.05, 0) is 31.0 Å². The average Bonchev–Trinajstić information content (AvgIpc) is 2.36. The van der Waals surface area contributed by atoms with Gasteiger partial charge in [0.1, 0.15) is 0 Å². The van der Waals surface area contributed by atoms with Crippen molar-refractivity contribution in [1.82, 2.24) is 0 Å². The zero-order valence-electron chi connectivity index (χ0n) is 10.3. The van der Waals surface area contributed by atoms with E-state index >= 15 is 0 Å². The predicted octanol–water partition coefficient (Wildman–Crippen LogP) is 3.75. The zero-order chi connectivity index (χ0) is 12.3. The molecule has 2 aromatic rings. The van der Waals surface area contributed by atoms with Crippen LogP contribution in [0.2, 0.25) is 0 Å². The molecule has 0 bridgehead atoms. The number of anilines is 2. The minimum Gasteiger partial charge on any atom is -0.397 e. The number of rotatable bonds is 3. The van der Waals surface area contributed by atoms with E-state index in [1.807, 2.05) is 43.3 Å². The van der Waals surface area contributed by atoms with Crippen LogP contribution in [0.4, 0.5) is 11.4 Å². The van der Waals surface area contributed by atoms with E-state index in [2.05, 4.69) is 24.4 Å².